The van der Waals surface area contributed by atoms with E-state index in [2.05, 4.69) is 42.6 Å². The topological polar surface area (TPSA) is 39.3 Å². The lowest BCUT2D eigenvalue weighted by Gasteiger charge is -2.23. The Bertz CT molecular complexity index is 675. The minimum absolute atomic E-state index is 0.724. The van der Waals surface area contributed by atoms with Crippen molar-refractivity contribution >= 4 is 17.2 Å². The van der Waals surface area contributed by atoms with E-state index in [1.54, 1.807) is 0 Å². The van der Waals surface area contributed by atoms with Crippen molar-refractivity contribution < 1.29 is 4.79 Å². The minimum Gasteiger partial charge on any atom is -0.358 e. The van der Waals surface area contributed by atoms with Crippen LogP contribution < -0.4 is 0 Å². The molecule has 0 aliphatic carbocycles. The van der Waals surface area contributed by atoms with Gasteiger partial charge in [0.05, 0.1) is 0 Å². The molecule has 3 rings (SSSR count). The lowest BCUT2D eigenvalue weighted by atomic mass is 10.1. The fraction of sp³-hybridized carbons (Fsp3) is 0.550. The number of fused-ring (bicyclic) bond motifs is 1. The SMILES string of the molecule is CC(C)N1CCCN(C)CC1.Cc1[nH]c2ccc(C=O)cc2c1C. The number of aldehydes is 1. The number of nitrogens with one attached hydrogen (secondary N) is 1. The highest BCUT2D eigenvalue weighted by Crippen LogP contribution is 2.21. The number of rotatable bonds is 2. The summed E-state index contributed by atoms with van der Waals surface area (Å²) < 4.78 is 0. The van der Waals surface area contributed by atoms with Crippen molar-refractivity contribution in [2.45, 2.75) is 40.2 Å². The first-order valence-corrected chi connectivity index (χ1v) is 8.89. The molecular formula is C20H31N3O. The van der Waals surface area contributed by atoms with E-state index in [9.17, 15) is 4.79 Å². The van der Waals surface area contributed by atoms with Crippen LogP contribution in [0.15, 0.2) is 18.2 Å². The number of aromatic nitrogens is 1. The Morgan fingerprint density at radius 1 is 1.12 bits per heavy atom. The largest absolute Gasteiger partial charge is 0.358 e. The van der Waals surface area contributed by atoms with Gasteiger partial charge < -0.3 is 9.88 Å². The number of H-pyrrole nitrogens is 1. The zero-order chi connectivity index (χ0) is 17.7. The van der Waals surface area contributed by atoms with Gasteiger partial charge in [-0.25, -0.2) is 0 Å². The number of hydrogen-bond acceptors (Lipinski definition) is 3. The van der Waals surface area contributed by atoms with Gasteiger partial charge in [-0.2, -0.15) is 0 Å². The number of benzene rings is 1. The van der Waals surface area contributed by atoms with Gasteiger partial charge in [0, 0.05) is 41.3 Å². The predicted molar refractivity (Wildman–Crippen MR) is 102 cm³/mol. The summed E-state index contributed by atoms with van der Waals surface area (Å²) in [5.41, 5.74) is 4.21. The number of nitrogens with zero attached hydrogens (tertiary/aromatic N) is 2. The number of likely N-dealkylation sites (N-methyl/N-ethyl adjacent to an activating group) is 1. The van der Waals surface area contributed by atoms with Crippen LogP contribution in [-0.2, 0) is 0 Å². The van der Waals surface area contributed by atoms with Crippen LogP contribution >= 0.6 is 0 Å². The molecule has 0 bridgehead atoms. The number of carbonyl (C=O) groups excluding carboxylic acids is 1. The molecule has 1 aliphatic rings. The number of carbonyl (C=O) groups is 1. The summed E-state index contributed by atoms with van der Waals surface area (Å²) in [6.45, 7) is 13.7. The molecule has 0 amide bonds. The second kappa shape index (κ2) is 8.45. The molecule has 0 atom stereocenters. The van der Waals surface area contributed by atoms with Crippen molar-refractivity contribution in [2.75, 3.05) is 33.2 Å². The monoisotopic (exact) mass is 329 g/mol. The van der Waals surface area contributed by atoms with Crippen molar-refractivity contribution in [2.24, 2.45) is 0 Å². The second-order valence-electron chi connectivity index (χ2n) is 7.08. The first-order chi connectivity index (χ1) is 11.4. The van der Waals surface area contributed by atoms with Gasteiger partial charge in [0.2, 0.25) is 0 Å². The van der Waals surface area contributed by atoms with Crippen molar-refractivity contribution in [3.63, 3.8) is 0 Å². The maximum absolute atomic E-state index is 10.6. The van der Waals surface area contributed by atoms with Crippen molar-refractivity contribution in [3.05, 3.63) is 35.0 Å². The van der Waals surface area contributed by atoms with E-state index in [4.69, 9.17) is 0 Å². The Kier molecular flexibility index (Phi) is 6.58. The highest BCUT2D eigenvalue weighted by molar-refractivity contribution is 5.90. The molecule has 1 saturated heterocycles. The van der Waals surface area contributed by atoms with E-state index in [-0.39, 0.29) is 0 Å². The van der Waals surface area contributed by atoms with Gasteiger partial charge in [-0.15, -0.1) is 0 Å². The van der Waals surface area contributed by atoms with Gasteiger partial charge in [0.1, 0.15) is 6.29 Å². The fourth-order valence-corrected chi connectivity index (χ4v) is 3.14. The van der Waals surface area contributed by atoms with Crippen LogP contribution in [0.5, 0.6) is 0 Å². The van der Waals surface area contributed by atoms with E-state index in [0.29, 0.717) is 0 Å². The highest BCUT2D eigenvalue weighted by atomic mass is 16.1. The van der Waals surface area contributed by atoms with E-state index in [1.165, 1.54) is 38.2 Å². The van der Waals surface area contributed by atoms with Gasteiger partial charge >= 0.3 is 0 Å². The molecule has 0 spiro atoms. The minimum atomic E-state index is 0.724. The van der Waals surface area contributed by atoms with Crippen molar-refractivity contribution in [1.29, 1.82) is 0 Å². The van der Waals surface area contributed by atoms with Crippen LogP contribution in [0.3, 0.4) is 0 Å². The smallest absolute Gasteiger partial charge is 0.150 e. The van der Waals surface area contributed by atoms with E-state index >= 15 is 0 Å². The lowest BCUT2D eigenvalue weighted by molar-refractivity contribution is 0.112. The standard InChI is InChI=1S/C11H11NO.C9H20N2/c1-7-8(2)12-11-4-3-9(6-13)5-10(7)11;1-9(2)11-6-4-5-10(3)7-8-11/h3-6,12H,1-2H3;9H,4-8H2,1-3H3. The van der Waals surface area contributed by atoms with E-state index in [1.807, 2.05) is 25.1 Å². The van der Waals surface area contributed by atoms with Gasteiger partial charge in [0.15, 0.2) is 0 Å². The third-order valence-corrected chi connectivity index (χ3v) is 4.95. The van der Waals surface area contributed by atoms with Crippen LogP contribution in [0, 0.1) is 13.8 Å². The van der Waals surface area contributed by atoms with Gasteiger partial charge in [-0.05, 0) is 78.0 Å². The van der Waals surface area contributed by atoms with Crippen molar-refractivity contribution in [3.8, 4) is 0 Å². The molecule has 1 N–H and O–H groups in total. The molecule has 4 heteroatoms. The summed E-state index contributed by atoms with van der Waals surface area (Å²) in [5.74, 6) is 0. The van der Waals surface area contributed by atoms with Gasteiger partial charge in [-0.1, -0.05) is 0 Å². The maximum Gasteiger partial charge on any atom is 0.150 e. The van der Waals surface area contributed by atoms with Crippen molar-refractivity contribution in [1.82, 2.24) is 14.8 Å². The molecule has 24 heavy (non-hydrogen) atoms. The Morgan fingerprint density at radius 2 is 1.88 bits per heavy atom. The molecule has 0 unspecified atom stereocenters. The summed E-state index contributed by atoms with van der Waals surface area (Å²) in [4.78, 5) is 18.8. The Morgan fingerprint density at radius 3 is 2.54 bits per heavy atom. The van der Waals surface area contributed by atoms with E-state index in [0.717, 1.165) is 34.5 Å². The molecule has 0 saturated carbocycles. The molecule has 0 radical (unpaired) electrons. The second-order valence-corrected chi connectivity index (χ2v) is 7.08. The molecule has 4 nitrogen and oxygen atoms in total. The molecule has 1 fully saturated rings. The molecule has 1 aromatic heterocycles. The molecule has 2 aromatic rings. The number of aryl methyl sites for hydroxylation is 2. The first kappa shape index (κ1) is 18.7. The molecule has 1 aromatic carbocycles. The first-order valence-electron chi connectivity index (χ1n) is 8.89. The summed E-state index contributed by atoms with van der Waals surface area (Å²) in [6.07, 6.45) is 2.20. The third-order valence-electron chi connectivity index (χ3n) is 4.95. The quantitative estimate of drug-likeness (QED) is 0.855. The molecule has 2 heterocycles. The van der Waals surface area contributed by atoms with Gasteiger partial charge in [0.25, 0.3) is 0 Å². The lowest BCUT2D eigenvalue weighted by Crippen LogP contribution is -2.34. The zero-order valence-electron chi connectivity index (χ0n) is 15.7. The van der Waals surface area contributed by atoms with E-state index < -0.39 is 0 Å². The summed E-state index contributed by atoms with van der Waals surface area (Å²) >= 11 is 0. The summed E-state index contributed by atoms with van der Waals surface area (Å²) in [5, 5.41) is 1.14. The molecule has 132 valence electrons. The number of hydrogen-bond donors (Lipinski definition) is 1. The average Bonchev–Trinajstić information content (AvgIpc) is 2.73. The summed E-state index contributed by atoms with van der Waals surface area (Å²) in [6, 6.07) is 6.41. The Hall–Kier alpha value is -1.65. The summed E-state index contributed by atoms with van der Waals surface area (Å²) in [7, 11) is 2.21. The Balaban J connectivity index is 0.000000177. The maximum atomic E-state index is 10.6. The van der Waals surface area contributed by atoms with Crippen LogP contribution in [0.2, 0.25) is 0 Å². The Labute approximate surface area is 145 Å². The predicted octanol–water partition coefficient (Wildman–Crippen LogP) is 3.63. The number of aromatic amines is 1. The van der Waals surface area contributed by atoms with Crippen LogP contribution in [0.1, 0.15) is 41.9 Å². The fourth-order valence-electron chi connectivity index (χ4n) is 3.14. The molecular weight excluding hydrogens is 298 g/mol. The normalized spacial score (nSPS) is 16.8. The van der Waals surface area contributed by atoms with Crippen LogP contribution in [0.4, 0.5) is 0 Å². The highest BCUT2D eigenvalue weighted by Gasteiger charge is 2.13. The average molecular weight is 329 g/mol. The molecule has 1 aliphatic heterocycles. The van der Waals surface area contributed by atoms with Gasteiger partial charge in [-0.3, -0.25) is 9.69 Å². The van der Waals surface area contributed by atoms with Crippen LogP contribution in [-0.4, -0.2) is 60.3 Å². The van der Waals surface area contributed by atoms with Crippen LogP contribution in [0.25, 0.3) is 10.9 Å². The third kappa shape index (κ3) is 4.68. The zero-order valence-corrected chi connectivity index (χ0v) is 15.7.